The molecule has 1 amide bonds. The summed E-state index contributed by atoms with van der Waals surface area (Å²) in [7, 11) is 2.99. The second-order valence-electron chi connectivity index (χ2n) is 5.80. The number of halogens is 4. The van der Waals surface area contributed by atoms with Gasteiger partial charge in [-0.1, -0.05) is 30.0 Å². The Balaban J connectivity index is 1.97. The molecule has 1 heterocycles. The molecule has 29 heavy (non-hydrogen) atoms. The molecule has 0 aliphatic carbocycles. The lowest BCUT2D eigenvalue weighted by atomic mass is 10.1. The van der Waals surface area contributed by atoms with Crippen molar-refractivity contribution in [1.82, 2.24) is 0 Å². The van der Waals surface area contributed by atoms with Crippen molar-refractivity contribution in [2.75, 3.05) is 19.1 Å². The molecule has 0 aromatic heterocycles. The monoisotopic (exact) mass is 503 g/mol. The largest absolute Gasteiger partial charge is 0.493 e. The van der Waals surface area contributed by atoms with E-state index in [0.29, 0.717) is 21.5 Å². The van der Waals surface area contributed by atoms with Crippen LogP contribution in [0, 0.1) is 0 Å². The minimum Gasteiger partial charge on any atom is -0.493 e. The molecule has 3 rings (SSSR count). The number of ether oxygens (including phenoxy) is 2. The third-order valence-corrected chi connectivity index (χ3v) is 5.87. The van der Waals surface area contributed by atoms with E-state index in [0.717, 1.165) is 28.8 Å². The predicted molar refractivity (Wildman–Crippen MR) is 114 cm³/mol. The van der Waals surface area contributed by atoms with Gasteiger partial charge in [-0.05, 0) is 57.9 Å². The number of benzene rings is 2. The van der Waals surface area contributed by atoms with Gasteiger partial charge in [-0.3, -0.25) is 9.69 Å². The predicted octanol–water partition coefficient (Wildman–Crippen LogP) is 5.89. The van der Waals surface area contributed by atoms with Crippen LogP contribution in [0.1, 0.15) is 11.1 Å². The third kappa shape index (κ3) is 4.44. The Morgan fingerprint density at radius 1 is 1.17 bits per heavy atom. The van der Waals surface area contributed by atoms with Gasteiger partial charge < -0.3 is 9.47 Å². The van der Waals surface area contributed by atoms with Gasteiger partial charge in [0.1, 0.15) is 0 Å². The number of alkyl halides is 3. The van der Waals surface area contributed by atoms with Crippen molar-refractivity contribution in [1.29, 1.82) is 0 Å². The summed E-state index contributed by atoms with van der Waals surface area (Å²) in [6.45, 7) is 0. The summed E-state index contributed by atoms with van der Waals surface area (Å²) in [5, 5.41) is 0. The highest BCUT2D eigenvalue weighted by molar-refractivity contribution is 9.10. The fourth-order valence-electron chi connectivity index (χ4n) is 2.68. The summed E-state index contributed by atoms with van der Waals surface area (Å²) in [6.07, 6.45) is -2.92. The minimum atomic E-state index is -4.52. The molecule has 2 aromatic rings. The van der Waals surface area contributed by atoms with Crippen molar-refractivity contribution >= 4 is 61.9 Å². The lowest BCUT2D eigenvalue weighted by Crippen LogP contribution is -2.27. The first-order chi connectivity index (χ1) is 13.7. The highest BCUT2D eigenvalue weighted by Crippen LogP contribution is 2.40. The highest BCUT2D eigenvalue weighted by atomic mass is 79.9. The van der Waals surface area contributed by atoms with Crippen molar-refractivity contribution in [2.45, 2.75) is 6.18 Å². The SMILES string of the molecule is COc1cc(/C=C2\SC(=S)N(c3cccc(C(F)(F)F)c3)C2=O)cc(Br)c1OC. The van der Waals surface area contributed by atoms with Crippen molar-refractivity contribution in [2.24, 2.45) is 0 Å². The summed E-state index contributed by atoms with van der Waals surface area (Å²) in [6, 6.07) is 7.92. The molecular weight excluding hydrogens is 491 g/mol. The second-order valence-corrected chi connectivity index (χ2v) is 8.33. The highest BCUT2D eigenvalue weighted by Gasteiger charge is 2.36. The summed E-state index contributed by atoms with van der Waals surface area (Å²) < 4.78 is 50.3. The average molecular weight is 504 g/mol. The number of nitrogens with zero attached hydrogens (tertiary/aromatic N) is 1. The molecule has 1 aliphatic heterocycles. The first kappa shape index (κ1) is 21.7. The molecule has 0 N–H and O–H groups in total. The molecule has 152 valence electrons. The Morgan fingerprint density at radius 3 is 2.52 bits per heavy atom. The first-order valence-electron chi connectivity index (χ1n) is 8.02. The molecule has 4 nitrogen and oxygen atoms in total. The zero-order chi connectivity index (χ0) is 21.3. The average Bonchev–Trinajstić information content (AvgIpc) is 2.93. The quantitative estimate of drug-likeness (QED) is 0.384. The van der Waals surface area contributed by atoms with E-state index < -0.39 is 17.6 Å². The van der Waals surface area contributed by atoms with Gasteiger partial charge in [-0.15, -0.1) is 0 Å². The zero-order valence-electron chi connectivity index (χ0n) is 15.0. The minimum absolute atomic E-state index is 0.0687. The molecule has 2 aromatic carbocycles. The number of hydrogen-bond donors (Lipinski definition) is 0. The van der Waals surface area contributed by atoms with E-state index in [-0.39, 0.29) is 14.9 Å². The van der Waals surface area contributed by atoms with Gasteiger partial charge in [0.2, 0.25) is 0 Å². The van der Waals surface area contributed by atoms with E-state index in [1.807, 2.05) is 0 Å². The first-order valence-corrected chi connectivity index (χ1v) is 10.0. The van der Waals surface area contributed by atoms with Crippen molar-refractivity contribution in [3.63, 3.8) is 0 Å². The van der Waals surface area contributed by atoms with Crippen LogP contribution < -0.4 is 14.4 Å². The van der Waals surface area contributed by atoms with Crippen LogP contribution in [0.5, 0.6) is 11.5 Å². The van der Waals surface area contributed by atoms with Crippen LogP contribution in [0.25, 0.3) is 6.08 Å². The number of thiocarbonyl (C=S) groups is 1. The molecule has 0 atom stereocenters. The number of carbonyl (C=O) groups is 1. The molecule has 1 fully saturated rings. The van der Waals surface area contributed by atoms with Crippen LogP contribution in [0.4, 0.5) is 18.9 Å². The van der Waals surface area contributed by atoms with Crippen LogP contribution in [0.2, 0.25) is 0 Å². The maximum atomic E-state index is 13.0. The van der Waals surface area contributed by atoms with E-state index >= 15 is 0 Å². The van der Waals surface area contributed by atoms with Crippen molar-refractivity contribution < 1.29 is 27.4 Å². The number of hydrogen-bond acceptors (Lipinski definition) is 5. The van der Waals surface area contributed by atoms with Crippen LogP contribution >= 0.6 is 39.9 Å². The van der Waals surface area contributed by atoms with Gasteiger partial charge in [0.05, 0.1) is 34.8 Å². The van der Waals surface area contributed by atoms with Crippen LogP contribution in [0.3, 0.4) is 0 Å². The fraction of sp³-hybridized carbons (Fsp3) is 0.158. The third-order valence-electron chi connectivity index (χ3n) is 3.98. The maximum absolute atomic E-state index is 13.0. The Bertz CT molecular complexity index is 1020. The molecule has 0 saturated carbocycles. The van der Waals surface area contributed by atoms with Gasteiger partial charge in [-0.2, -0.15) is 13.2 Å². The molecule has 0 radical (unpaired) electrons. The second kappa shape index (κ2) is 8.37. The summed E-state index contributed by atoms with van der Waals surface area (Å²) in [4.78, 5) is 14.2. The van der Waals surface area contributed by atoms with Crippen LogP contribution in [0.15, 0.2) is 45.8 Å². The van der Waals surface area contributed by atoms with Gasteiger partial charge in [0, 0.05) is 0 Å². The molecule has 1 saturated heterocycles. The Morgan fingerprint density at radius 2 is 1.90 bits per heavy atom. The number of anilines is 1. The fourth-order valence-corrected chi connectivity index (χ4v) is 4.60. The maximum Gasteiger partial charge on any atom is 0.416 e. The number of methoxy groups -OCH3 is 2. The lowest BCUT2D eigenvalue weighted by Gasteiger charge is -2.16. The number of amides is 1. The van der Waals surface area contributed by atoms with Gasteiger partial charge in [0.25, 0.3) is 5.91 Å². The Hall–Kier alpha value is -2.04. The van der Waals surface area contributed by atoms with Crippen molar-refractivity contribution in [3.05, 3.63) is 56.9 Å². The smallest absolute Gasteiger partial charge is 0.416 e. The van der Waals surface area contributed by atoms with Gasteiger partial charge in [-0.25, -0.2) is 0 Å². The number of rotatable bonds is 4. The van der Waals surface area contributed by atoms with E-state index in [2.05, 4.69) is 15.9 Å². The summed E-state index contributed by atoms with van der Waals surface area (Å²) in [5.41, 5.74) is -0.143. The van der Waals surface area contributed by atoms with E-state index in [1.165, 1.54) is 26.4 Å². The molecule has 0 spiro atoms. The molecule has 0 bridgehead atoms. The van der Waals surface area contributed by atoms with E-state index in [9.17, 15) is 18.0 Å². The summed E-state index contributed by atoms with van der Waals surface area (Å²) in [5.74, 6) is 0.466. The molecule has 1 aliphatic rings. The zero-order valence-corrected chi connectivity index (χ0v) is 18.3. The Kier molecular flexibility index (Phi) is 6.25. The van der Waals surface area contributed by atoms with Gasteiger partial charge in [0.15, 0.2) is 15.8 Å². The standard InChI is InChI=1S/C19H13BrF3NO3S2/c1-26-14-7-10(6-13(20)16(14)27-2)8-15-17(25)24(18(28)29-15)12-5-3-4-11(9-12)19(21,22)23/h3-9H,1-2H3/b15-8-. The van der Waals surface area contributed by atoms with Crippen molar-refractivity contribution in [3.8, 4) is 11.5 Å². The molecule has 0 unspecified atom stereocenters. The number of thioether (sulfide) groups is 1. The van der Waals surface area contributed by atoms with Crippen LogP contribution in [-0.2, 0) is 11.0 Å². The number of carbonyl (C=O) groups excluding carboxylic acids is 1. The van der Waals surface area contributed by atoms with E-state index in [4.69, 9.17) is 21.7 Å². The normalized spacial score (nSPS) is 15.9. The topological polar surface area (TPSA) is 38.8 Å². The Labute approximate surface area is 182 Å². The molecule has 10 heteroatoms. The molecular formula is C19H13BrF3NO3S2. The summed E-state index contributed by atoms with van der Waals surface area (Å²) >= 11 is 9.63. The van der Waals surface area contributed by atoms with Crippen LogP contribution in [-0.4, -0.2) is 24.4 Å². The van der Waals surface area contributed by atoms with Gasteiger partial charge >= 0.3 is 6.18 Å². The lowest BCUT2D eigenvalue weighted by molar-refractivity contribution is -0.137. The van der Waals surface area contributed by atoms with E-state index in [1.54, 1.807) is 18.2 Å².